The fourth-order valence-corrected chi connectivity index (χ4v) is 2.96. The molecule has 1 aliphatic heterocycles. The topological polar surface area (TPSA) is 93.7 Å². The van der Waals surface area contributed by atoms with Crippen molar-refractivity contribution < 1.29 is 23.9 Å². The summed E-state index contributed by atoms with van der Waals surface area (Å²) in [6.45, 7) is 3.17. The Kier molecular flexibility index (Phi) is 5.71. The van der Waals surface area contributed by atoms with Crippen LogP contribution in [-0.4, -0.2) is 48.0 Å². The van der Waals surface area contributed by atoms with E-state index in [0.717, 1.165) is 0 Å². The van der Waals surface area contributed by atoms with Crippen LogP contribution in [0.2, 0.25) is 0 Å². The quantitative estimate of drug-likeness (QED) is 0.773. The molecule has 1 aromatic carbocycles. The second kappa shape index (κ2) is 7.57. The van der Waals surface area contributed by atoms with Gasteiger partial charge in [0.2, 0.25) is 5.91 Å². The minimum Gasteiger partial charge on any atom is -0.497 e. The lowest BCUT2D eigenvalue weighted by Crippen LogP contribution is -2.55. The second-order valence-corrected chi connectivity index (χ2v) is 7.37. The third-order valence-electron chi connectivity index (χ3n) is 3.47. The predicted octanol–water partition coefficient (Wildman–Crippen LogP) is 1.19. The van der Waals surface area contributed by atoms with Gasteiger partial charge in [0, 0.05) is 11.4 Å². The largest absolute Gasteiger partial charge is 0.497 e. The molecule has 1 aliphatic rings. The zero-order chi connectivity index (χ0) is 17.7. The van der Waals surface area contributed by atoms with Crippen LogP contribution in [0.1, 0.15) is 13.8 Å². The van der Waals surface area contributed by atoms with Gasteiger partial charge in [0.05, 0.1) is 11.9 Å². The number of hydrogen-bond donors (Lipinski definition) is 2. The monoisotopic (exact) mass is 352 g/mol. The summed E-state index contributed by atoms with van der Waals surface area (Å²) in [4.78, 5) is 35.6. The van der Waals surface area contributed by atoms with Crippen molar-refractivity contribution in [3.05, 3.63) is 24.3 Å². The first-order chi connectivity index (χ1) is 11.3. The maximum absolute atomic E-state index is 11.9. The molecular formula is C16H20N2O5S. The first-order valence-electron chi connectivity index (χ1n) is 7.37. The van der Waals surface area contributed by atoms with Crippen LogP contribution >= 0.6 is 11.8 Å². The van der Waals surface area contributed by atoms with Gasteiger partial charge in [0.25, 0.3) is 5.91 Å². The number of rotatable bonds is 5. The Morgan fingerprint density at radius 1 is 1.33 bits per heavy atom. The van der Waals surface area contributed by atoms with Gasteiger partial charge in [0.1, 0.15) is 11.8 Å². The molecule has 1 fully saturated rings. The molecule has 8 heteroatoms. The van der Waals surface area contributed by atoms with Gasteiger partial charge in [-0.05, 0) is 38.1 Å². The summed E-state index contributed by atoms with van der Waals surface area (Å²) < 4.78 is 9.43. The number of hydrogen-bond acceptors (Lipinski definition) is 6. The normalized spacial score (nSPS) is 19.1. The summed E-state index contributed by atoms with van der Waals surface area (Å²) in [6, 6.07) is 6.04. The molecular weight excluding hydrogens is 332 g/mol. The van der Waals surface area contributed by atoms with Gasteiger partial charge in [-0.25, -0.2) is 4.79 Å². The smallest absolute Gasteiger partial charge is 0.330 e. The summed E-state index contributed by atoms with van der Waals surface area (Å²) in [5, 5.41) is 5.22. The summed E-state index contributed by atoms with van der Waals surface area (Å²) in [5.74, 6) is -0.200. The molecule has 0 radical (unpaired) electrons. The van der Waals surface area contributed by atoms with Crippen molar-refractivity contribution >= 4 is 35.2 Å². The SMILES string of the molecule is COc1ccc(NC(=O)COC(=O)[C@@H]2CSC(C)(C)C(=O)N2)cc1. The van der Waals surface area contributed by atoms with E-state index in [-0.39, 0.29) is 5.91 Å². The van der Waals surface area contributed by atoms with E-state index in [2.05, 4.69) is 10.6 Å². The molecule has 0 saturated carbocycles. The number of nitrogens with one attached hydrogen (secondary N) is 2. The number of anilines is 1. The Morgan fingerprint density at radius 3 is 2.58 bits per heavy atom. The van der Waals surface area contributed by atoms with Gasteiger partial charge in [0.15, 0.2) is 6.61 Å². The Balaban J connectivity index is 1.79. The summed E-state index contributed by atoms with van der Waals surface area (Å²) in [5.41, 5.74) is 0.570. The number of esters is 1. The van der Waals surface area contributed by atoms with Crippen LogP contribution < -0.4 is 15.4 Å². The van der Waals surface area contributed by atoms with E-state index in [1.165, 1.54) is 11.8 Å². The number of amides is 2. The van der Waals surface area contributed by atoms with Crippen LogP contribution in [-0.2, 0) is 19.1 Å². The van der Waals surface area contributed by atoms with E-state index < -0.39 is 29.3 Å². The number of carbonyl (C=O) groups is 3. The molecule has 1 saturated heterocycles. The van der Waals surface area contributed by atoms with Crippen LogP contribution in [0.3, 0.4) is 0 Å². The van der Waals surface area contributed by atoms with Crippen molar-refractivity contribution in [3.8, 4) is 5.75 Å². The Bertz CT molecular complexity index is 630. The maximum Gasteiger partial charge on any atom is 0.330 e. The first kappa shape index (κ1) is 18.1. The standard InChI is InChI=1S/C16H20N2O5S/c1-16(2)15(21)18-12(9-24-16)14(20)23-8-13(19)17-10-4-6-11(22-3)7-5-10/h4-7,12H,8-9H2,1-3H3,(H,17,19)(H,18,21)/t12-/m0/s1. The number of benzene rings is 1. The fourth-order valence-electron chi connectivity index (χ4n) is 1.97. The van der Waals surface area contributed by atoms with Crippen LogP contribution in [0, 0.1) is 0 Å². The summed E-state index contributed by atoms with van der Waals surface area (Å²) >= 11 is 1.38. The second-order valence-electron chi connectivity index (χ2n) is 5.73. The molecule has 2 N–H and O–H groups in total. The van der Waals surface area contributed by atoms with E-state index in [9.17, 15) is 14.4 Å². The van der Waals surface area contributed by atoms with Crippen LogP contribution in [0.15, 0.2) is 24.3 Å². The molecule has 2 rings (SSSR count). The van der Waals surface area contributed by atoms with E-state index >= 15 is 0 Å². The van der Waals surface area contributed by atoms with Crippen molar-refractivity contribution in [1.29, 1.82) is 0 Å². The number of methoxy groups -OCH3 is 1. The van der Waals surface area contributed by atoms with Crippen molar-refractivity contribution in [2.24, 2.45) is 0 Å². The summed E-state index contributed by atoms with van der Waals surface area (Å²) in [6.07, 6.45) is 0. The van der Waals surface area contributed by atoms with Gasteiger partial charge in [-0.15, -0.1) is 11.8 Å². The van der Waals surface area contributed by atoms with Gasteiger partial charge in [-0.3, -0.25) is 9.59 Å². The minimum absolute atomic E-state index is 0.219. The molecule has 0 bridgehead atoms. The molecule has 1 heterocycles. The van der Waals surface area contributed by atoms with E-state index in [0.29, 0.717) is 17.2 Å². The minimum atomic E-state index is -0.732. The van der Waals surface area contributed by atoms with Gasteiger partial charge in [-0.2, -0.15) is 0 Å². The van der Waals surface area contributed by atoms with Crippen LogP contribution in [0.5, 0.6) is 5.75 Å². The van der Waals surface area contributed by atoms with Crippen molar-refractivity contribution in [2.45, 2.75) is 24.6 Å². The number of thioether (sulfide) groups is 1. The molecule has 0 aliphatic carbocycles. The molecule has 2 amide bonds. The zero-order valence-corrected chi connectivity index (χ0v) is 14.6. The number of ether oxygens (including phenoxy) is 2. The van der Waals surface area contributed by atoms with Gasteiger partial charge < -0.3 is 20.1 Å². The third-order valence-corrected chi connectivity index (χ3v) is 4.87. The van der Waals surface area contributed by atoms with Gasteiger partial charge >= 0.3 is 5.97 Å². The highest BCUT2D eigenvalue weighted by atomic mass is 32.2. The predicted molar refractivity (Wildman–Crippen MR) is 91.1 cm³/mol. The third kappa shape index (κ3) is 4.64. The maximum atomic E-state index is 11.9. The van der Waals surface area contributed by atoms with Crippen molar-refractivity contribution in [3.63, 3.8) is 0 Å². The highest BCUT2D eigenvalue weighted by Gasteiger charge is 2.38. The summed E-state index contributed by atoms with van der Waals surface area (Å²) in [7, 11) is 1.55. The fraction of sp³-hybridized carbons (Fsp3) is 0.438. The first-order valence-corrected chi connectivity index (χ1v) is 8.36. The van der Waals surface area contributed by atoms with Crippen LogP contribution in [0.4, 0.5) is 5.69 Å². The Hall–Kier alpha value is -2.22. The van der Waals surface area contributed by atoms with Gasteiger partial charge in [-0.1, -0.05) is 0 Å². The Labute approximate surface area is 144 Å². The van der Waals surface area contributed by atoms with Crippen molar-refractivity contribution in [1.82, 2.24) is 5.32 Å². The average molecular weight is 352 g/mol. The number of carbonyl (C=O) groups excluding carboxylic acids is 3. The lowest BCUT2D eigenvalue weighted by atomic mass is 10.1. The van der Waals surface area contributed by atoms with Crippen LogP contribution in [0.25, 0.3) is 0 Å². The highest BCUT2D eigenvalue weighted by Crippen LogP contribution is 2.29. The van der Waals surface area contributed by atoms with E-state index in [4.69, 9.17) is 9.47 Å². The van der Waals surface area contributed by atoms with Crippen molar-refractivity contribution in [2.75, 3.05) is 24.8 Å². The van der Waals surface area contributed by atoms with E-state index in [1.54, 1.807) is 45.2 Å². The average Bonchev–Trinajstić information content (AvgIpc) is 2.56. The highest BCUT2D eigenvalue weighted by molar-refractivity contribution is 8.01. The molecule has 0 unspecified atom stereocenters. The molecule has 1 atom stereocenters. The molecule has 0 aromatic heterocycles. The zero-order valence-electron chi connectivity index (χ0n) is 13.8. The Morgan fingerprint density at radius 2 is 2.00 bits per heavy atom. The lowest BCUT2D eigenvalue weighted by Gasteiger charge is -2.32. The molecule has 24 heavy (non-hydrogen) atoms. The molecule has 1 aromatic rings. The molecule has 130 valence electrons. The molecule has 0 spiro atoms. The lowest BCUT2D eigenvalue weighted by molar-refractivity contribution is -0.150. The van der Waals surface area contributed by atoms with E-state index in [1.807, 2.05) is 0 Å². The molecule has 7 nitrogen and oxygen atoms in total.